The van der Waals surface area contributed by atoms with Crippen molar-refractivity contribution in [2.75, 3.05) is 11.9 Å². The second kappa shape index (κ2) is 8.15. The normalized spacial score (nSPS) is 15.5. The van der Waals surface area contributed by atoms with Gasteiger partial charge in [0.25, 0.3) is 0 Å². The molecule has 1 saturated carbocycles. The monoisotopic (exact) mass is 426 g/mol. The van der Waals surface area contributed by atoms with Crippen LogP contribution in [0, 0.1) is 25.7 Å². The van der Waals surface area contributed by atoms with Crippen LogP contribution in [0.25, 0.3) is 22.4 Å². The van der Waals surface area contributed by atoms with E-state index in [0.29, 0.717) is 5.92 Å². The summed E-state index contributed by atoms with van der Waals surface area (Å²) in [5, 5.41) is 8.42. The molecule has 32 heavy (non-hydrogen) atoms. The Morgan fingerprint density at radius 2 is 1.88 bits per heavy atom. The first kappa shape index (κ1) is 20.3. The van der Waals surface area contributed by atoms with E-state index in [0.717, 1.165) is 64.2 Å². The zero-order chi connectivity index (χ0) is 22.2. The number of hydrogen-bond donors (Lipinski definition) is 1. The molecule has 1 aliphatic rings. The highest BCUT2D eigenvalue weighted by Crippen LogP contribution is 2.45. The maximum atomic E-state index is 12.3. The molecule has 5 rings (SSSR count). The van der Waals surface area contributed by atoms with E-state index in [1.807, 2.05) is 38.1 Å². The average Bonchev–Trinajstić information content (AvgIpc) is 3.53. The molecule has 0 aliphatic heterocycles. The Labute approximate surface area is 186 Å². The van der Waals surface area contributed by atoms with E-state index in [4.69, 9.17) is 4.98 Å². The number of hydrogen-bond acceptors (Lipinski definition) is 6. The summed E-state index contributed by atoms with van der Waals surface area (Å²) in [5.41, 5.74) is 7.28. The maximum absolute atomic E-state index is 12.3. The number of aldehydes is 1. The molecule has 0 unspecified atom stereocenters. The molecule has 1 aliphatic carbocycles. The standard InChI is InChI=1S/C25H26N6O/c1-15-4-9-23(30-29-15)22-11-8-19(16(2)28-22)25(20(13-32)17-5-6-17)31(3)18-7-10-21-24(12-18)27-14-26-21/h4,7-14,17,20,25H,5-6H2,1-3H3,(H,26,27)/t20-,25+/m0/s1. The van der Waals surface area contributed by atoms with Crippen LogP contribution in [0.3, 0.4) is 0 Å². The third kappa shape index (κ3) is 3.75. The number of pyridine rings is 1. The molecule has 0 bridgehead atoms. The van der Waals surface area contributed by atoms with Gasteiger partial charge < -0.3 is 14.7 Å². The fourth-order valence-electron chi connectivity index (χ4n) is 4.46. The van der Waals surface area contributed by atoms with E-state index in [1.54, 1.807) is 6.33 Å². The summed E-state index contributed by atoms with van der Waals surface area (Å²) < 4.78 is 0. The number of nitrogens with one attached hydrogen (secondary N) is 1. The van der Waals surface area contributed by atoms with E-state index in [2.05, 4.69) is 50.3 Å². The molecule has 7 heteroatoms. The van der Waals surface area contributed by atoms with Crippen LogP contribution in [0.5, 0.6) is 0 Å². The van der Waals surface area contributed by atoms with Crippen molar-refractivity contribution in [1.29, 1.82) is 0 Å². The first-order valence-electron chi connectivity index (χ1n) is 10.9. The van der Waals surface area contributed by atoms with Gasteiger partial charge >= 0.3 is 0 Å². The number of carbonyl (C=O) groups excluding carboxylic acids is 1. The molecule has 0 radical (unpaired) electrons. The van der Waals surface area contributed by atoms with E-state index in [1.165, 1.54) is 0 Å². The molecule has 7 nitrogen and oxygen atoms in total. The van der Waals surface area contributed by atoms with Gasteiger partial charge in [0, 0.05) is 24.3 Å². The lowest BCUT2D eigenvalue weighted by Gasteiger charge is -2.35. The van der Waals surface area contributed by atoms with Crippen LogP contribution < -0.4 is 4.90 Å². The highest BCUT2D eigenvalue weighted by molar-refractivity contribution is 5.79. The highest BCUT2D eigenvalue weighted by Gasteiger charge is 2.40. The van der Waals surface area contributed by atoms with Crippen molar-refractivity contribution in [3.05, 3.63) is 65.7 Å². The van der Waals surface area contributed by atoms with E-state index < -0.39 is 0 Å². The number of H-pyrrole nitrogens is 1. The average molecular weight is 427 g/mol. The van der Waals surface area contributed by atoms with Crippen LogP contribution in [0.2, 0.25) is 0 Å². The minimum Gasteiger partial charge on any atom is -0.367 e. The third-order valence-electron chi connectivity index (χ3n) is 6.42. The van der Waals surface area contributed by atoms with Crippen LogP contribution >= 0.6 is 0 Å². The van der Waals surface area contributed by atoms with E-state index in [-0.39, 0.29) is 12.0 Å². The van der Waals surface area contributed by atoms with Gasteiger partial charge in [-0.15, -0.1) is 5.10 Å². The summed E-state index contributed by atoms with van der Waals surface area (Å²) in [5.74, 6) is 0.316. The molecule has 1 N–H and O–H groups in total. The van der Waals surface area contributed by atoms with Crippen LogP contribution in [0.1, 0.15) is 35.8 Å². The van der Waals surface area contributed by atoms with Crippen molar-refractivity contribution >= 4 is 23.0 Å². The highest BCUT2D eigenvalue weighted by atomic mass is 16.1. The second-order valence-electron chi connectivity index (χ2n) is 8.64. The Balaban J connectivity index is 1.55. The van der Waals surface area contributed by atoms with Gasteiger partial charge in [-0.05, 0) is 74.6 Å². The van der Waals surface area contributed by atoms with Gasteiger partial charge in [-0.25, -0.2) is 4.98 Å². The Morgan fingerprint density at radius 1 is 1.06 bits per heavy atom. The van der Waals surface area contributed by atoms with Gasteiger partial charge in [-0.3, -0.25) is 4.98 Å². The van der Waals surface area contributed by atoms with E-state index in [9.17, 15) is 4.79 Å². The van der Waals surface area contributed by atoms with Gasteiger partial charge in [0.05, 0.1) is 34.8 Å². The smallest absolute Gasteiger partial charge is 0.125 e. The summed E-state index contributed by atoms with van der Waals surface area (Å²) in [6.07, 6.45) is 5.02. The van der Waals surface area contributed by atoms with Crippen molar-refractivity contribution in [3.63, 3.8) is 0 Å². The molecule has 0 amide bonds. The fourth-order valence-corrected chi connectivity index (χ4v) is 4.46. The Hall–Kier alpha value is -3.61. The Bertz CT molecular complexity index is 1260. The van der Waals surface area contributed by atoms with Gasteiger partial charge in [-0.1, -0.05) is 6.07 Å². The largest absolute Gasteiger partial charge is 0.367 e. The number of aryl methyl sites for hydroxylation is 2. The minimum absolute atomic E-state index is 0.0969. The molecule has 3 aromatic heterocycles. The third-order valence-corrected chi connectivity index (χ3v) is 6.42. The number of fused-ring (bicyclic) bond motifs is 1. The summed E-state index contributed by atoms with van der Waals surface area (Å²) in [6.45, 7) is 3.92. The number of imidazole rings is 1. The number of anilines is 1. The fraction of sp³-hybridized carbons (Fsp3) is 0.320. The predicted molar refractivity (Wildman–Crippen MR) is 124 cm³/mol. The number of aromatic amines is 1. The van der Waals surface area contributed by atoms with Gasteiger partial charge in [-0.2, -0.15) is 5.10 Å². The SMILES string of the molecule is Cc1ccc(-c2ccc([C@H]([C@@H](C=O)C3CC3)N(C)c3ccc4[nH]cnc4c3)c(C)n2)nn1. The predicted octanol–water partition coefficient (Wildman–Crippen LogP) is 4.43. The number of rotatable bonds is 7. The number of aromatic nitrogens is 5. The van der Waals surface area contributed by atoms with Crippen LogP contribution in [-0.2, 0) is 4.79 Å². The minimum atomic E-state index is -0.109. The molecule has 2 atom stereocenters. The lowest BCUT2D eigenvalue weighted by molar-refractivity contribution is -0.112. The molecule has 0 spiro atoms. The molecule has 162 valence electrons. The van der Waals surface area contributed by atoms with Crippen molar-refractivity contribution in [2.45, 2.75) is 32.7 Å². The van der Waals surface area contributed by atoms with Crippen LogP contribution in [0.15, 0.2) is 48.8 Å². The maximum Gasteiger partial charge on any atom is 0.125 e. The van der Waals surface area contributed by atoms with Crippen molar-refractivity contribution in [1.82, 2.24) is 25.1 Å². The summed E-state index contributed by atoms with van der Waals surface area (Å²) >= 11 is 0. The Morgan fingerprint density at radius 3 is 2.56 bits per heavy atom. The first-order chi connectivity index (χ1) is 15.5. The quantitative estimate of drug-likeness (QED) is 0.440. The van der Waals surface area contributed by atoms with Crippen molar-refractivity contribution < 1.29 is 4.79 Å². The summed E-state index contributed by atoms with van der Waals surface area (Å²) in [6, 6.07) is 14.0. The molecule has 3 heterocycles. The van der Waals surface area contributed by atoms with Gasteiger partial charge in [0.15, 0.2) is 0 Å². The van der Waals surface area contributed by atoms with Gasteiger partial charge in [0.2, 0.25) is 0 Å². The number of nitrogens with zero attached hydrogens (tertiary/aromatic N) is 5. The van der Waals surface area contributed by atoms with Crippen molar-refractivity contribution in [3.8, 4) is 11.4 Å². The van der Waals surface area contributed by atoms with Crippen LogP contribution in [0.4, 0.5) is 5.69 Å². The topological polar surface area (TPSA) is 87.7 Å². The lowest BCUT2D eigenvalue weighted by Crippen LogP contribution is -2.33. The zero-order valence-electron chi connectivity index (χ0n) is 18.5. The number of carbonyl (C=O) groups is 1. The summed E-state index contributed by atoms with van der Waals surface area (Å²) in [7, 11) is 2.05. The molecule has 1 fully saturated rings. The number of benzene rings is 1. The molecule has 4 aromatic rings. The lowest BCUT2D eigenvalue weighted by atomic mass is 9.87. The molecule has 1 aromatic carbocycles. The second-order valence-corrected chi connectivity index (χ2v) is 8.64. The van der Waals surface area contributed by atoms with Gasteiger partial charge in [0.1, 0.15) is 12.0 Å². The zero-order valence-corrected chi connectivity index (χ0v) is 18.5. The van der Waals surface area contributed by atoms with Crippen LogP contribution in [-0.4, -0.2) is 38.5 Å². The molecular weight excluding hydrogens is 400 g/mol. The Kier molecular flexibility index (Phi) is 5.17. The first-order valence-corrected chi connectivity index (χ1v) is 10.9. The van der Waals surface area contributed by atoms with E-state index >= 15 is 0 Å². The van der Waals surface area contributed by atoms with Crippen molar-refractivity contribution in [2.24, 2.45) is 11.8 Å². The molecule has 0 saturated heterocycles. The summed E-state index contributed by atoms with van der Waals surface area (Å²) in [4.78, 5) is 26.8. The molecular formula is C25H26N6O.